The molecule has 0 aliphatic rings. The Bertz CT molecular complexity index is 1250. The van der Waals surface area contributed by atoms with Crippen LogP contribution in [-0.2, 0) is 16.4 Å². The molecule has 2 aromatic heterocycles. The Balaban J connectivity index is 1.91. The summed E-state index contributed by atoms with van der Waals surface area (Å²) >= 11 is 0. The Hall–Kier alpha value is -3.14. The molecule has 3 aromatic rings. The van der Waals surface area contributed by atoms with Crippen molar-refractivity contribution in [3.63, 3.8) is 0 Å². The van der Waals surface area contributed by atoms with Gasteiger partial charge in [-0.05, 0) is 44.0 Å². The quantitative estimate of drug-likeness (QED) is 0.350. The number of aromatic nitrogens is 3. The molecular weight excluding hydrogens is 466 g/mol. The predicted octanol–water partition coefficient (Wildman–Crippen LogP) is 4.45. The minimum absolute atomic E-state index is 0.0963. The van der Waals surface area contributed by atoms with E-state index in [0.717, 1.165) is 24.8 Å². The van der Waals surface area contributed by atoms with Gasteiger partial charge in [-0.15, -0.1) is 0 Å². The minimum Gasteiger partial charge on any atom is -0.497 e. The fourth-order valence-electron chi connectivity index (χ4n) is 3.82. The number of benzene rings is 1. The number of fused-ring (bicyclic) bond motifs is 1. The summed E-state index contributed by atoms with van der Waals surface area (Å²) in [5.41, 5.74) is 1.80. The highest BCUT2D eigenvalue weighted by molar-refractivity contribution is 7.90. The van der Waals surface area contributed by atoms with Crippen molar-refractivity contribution < 1.29 is 17.9 Å². The molecule has 0 unspecified atom stereocenters. The van der Waals surface area contributed by atoms with Crippen LogP contribution in [0.5, 0.6) is 11.5 Å². The molecule has 190 valence electrons. The van der Waals surface area contributed by atoms with Crippen LogP contribution < -0.4 is 20.1 Å². The second kappa shape index (κ2) is 11.5. The summed E-state index contributed by atoms with van der Waals surface area (Å²) < 4.78 is 34.5. The number of anilines is 2. The number of rotatable bonds is 13. The smallest absolute Gasteiger partial charge is 0.225 e. The highest BCUT2D eigenvalue weighted by atomic mass is 32.2. The molecule has 0 fully saturated rings. The van der Waals surface area contributed by atoms with Crippen molar-refractivity contribution in [3.05, 3.63) is 42.1 Å². The van der Waals surface area contributed by atoms with Gasteiger partial charge in [-0.3, -0.25) is 4.98 Å². The Morgan fingerprint density at radius 1 is 1.09 bits per heavy atom. The third-order valence-corrected chi connectivity index (χ3v) is 6.86. The van der Waals surface area contributed by atoms with Gasteiger partial charge in [-0.2, -0.15) is 4.98 Å². The number of sulfone groups is 1. The molecule has 35 heavy (non-hydrogen) atoms. The van der Waals surface area contributed by atoms with Crippen LogP contribution in [0.1, 0.15) is 45.1 Å². The van der Waals surface area contributed by atoms with Gasteiger partial charge >= 0.3 is 0 Å². The highest BCUT2D eigenvalue weighted by Gasteiger charge is 2.27. The largest absolute Gasteiger partial charge is 0.497 e. The topological polar surface area (TPSA) is 115 Å². The van der Waals surface area contributed by atoms with Crippen LogP contribution in [0.4, 0.5) is 11.8 Å². The first-order valence-corrected chi connectivity index (χ1v) is 13.8. The van der Waals surface area contributed by atoms with E-state index >= 15 is 0 Å². The number of nitrogens with zero attached hydrogens (tertiary/aromatic N) is 3. The van der Waals surface area contributed by atoms with E-state index < -0.39 is 15.4 Å². The number of hydrogen-bond acceptors (Lipinski definition) is 9. The SMILES string of the molecule is CCCC[C@@](C)(CCS(C)(=O)=O)Nc1nc(NCc2ccc(OC)cc2OC)nc2cccnc12. The summed E-state index contributed by atoms with van der Waals surface area (Å²) in [7, 11) is 0.133. The van der Waals surface area contributed by atoms with E-state index in [0.29, 0.717) is 47.3 Å². The first-order chi connectivity index (χ1) is 16.7. The van der Waals surface area contributed by atoms with Crippen molar-refractivity contribution in [2.24, 2.45) is 0 Å². The van der Waals surface area contributed by atoms with Gasteiger partial charge in [0.05, 0.1) is 25.5 Å². The zero-order chi connectivity index (χ0) is 25.5. The average Bonchev–Trinajstić information content (AvgIpc) is 2.84. The second-order valence-corrected chi connectivity index (χ2v) is 11.2. The maximum absolute atomic E-state index is 11.9. The Kier molecular flexibility index (Phi) is 8.71. The second-order valence-electron chi connectivity index (χ2n) is 8.97. The van der Waals surface area contributed by atoms with Gasteiger partial charge in [0.25, 0.3) is 0 Å². The van der Waals surface area contributed by atoms with Crippen molar-refractivity contribution in [2.75, 3.05) is 36.9 Å². The number of hydrogen-bond donors (Lipinski definition) is 2. The first-order valence-electron chi connectivity index (χ1n) is 11.7. The minimum atomic E-state index is -3.10. The van der Waals surface area contributed by atoms with Crippen LogP contribution in [0, 0.1) is 0 Å². The number of pyridine rings is 1. The van der Waals surface area contributed by atoms with E-state index in [2.05, 4.69) is 27.5 Å². The van der Waals surface area contributed by atoms with Gasteiger partial charge in [0, 0.05) is 36.2 Å². The Morgan fingerprint density at radius 3 is 2.57 bits per heavy atom. The third kappa shape index (κ3) is 7.42. The molecule has 1 atom stereocenters. The summed E-state index contributed by atoms with van der Waals surface area (Å²) in [6, 6.07) is 9.34. The molecule has 3 rings (SSSR count). The first kappa shape index (κ1) is 26.5. The fraction of sp³-hybridized carbons (Fsp3) is 0.480. The predicted molar refractivity (Wildman–Crippen MR) is 140 cm³/mol. The van der Waals surface area contributed by atoms with Crippen molar-refractivity contribution >= 4 is 32.6 Å². The zero-order valence-electron chi connectivity index (χ0n) is 21.1. The Morgan fingerprint density at radius 2 is 1.89 bits per heavy atom. The van der Waals surface area contributed by atoms with E-state index in [1.54, 1.807) is 20.4 Å². The molecular formula is C25H35N5O4S. The molecule has 0 aliphatic heterocycles. The number of nitrogens with one attached hydrogen (secondary N) is 2. The molecule has 0 saturated carbocycles. The summed E-state index contributed by atoms with van der Waals surface area (Å²) in [5.74, 6) is 2.52. The maximum atomic E-state index is 11.9. The van der Waals surface area contributed by atoms with E-state index in [1.807, 2.05) is 37.3 Å². The summed E-state index contributed by atoms with van der Waals surface area (Å²) in [5, 5.41) is 6.81. The molecule has 10 heteroatoms. The van der Waals surface area contributed by atoms with Crippen LogP contribution in [0.25, 0.3) is 11.0 Å². The van der Waals surface area contributed by atoms with Crippen molar-refractivity contribution in [2.45, 2.75) is 51.6 Å². The standard InChI is InChI=1S/C25H35N5O4S/c1-6-7-12-25(2,13-15-35(5,31)32)30-23-22-20(9-8-14-26-22)28-24(29-23)27-17-18-10-11-19(33-3)16-21(18)34-4/h8-11,14,16H,6-7,12-13,15,17H2,1-5H3,(H2,27,28,29,30)/t25-/m0/s1. The Labute approximate surface area is 207 Å². The molecule has 0 amide bonds. The maximum Gasteiger partial charge on any atom is 0.225 e. The molecule has 9 nitrogen and oxygen atoms in total. The highest BCUT2D eigenvalue weighted by Crippen LogP contribution is 2.29. The van der Waals surface area contributed by atoms with Crippen LogP contribution in [-0.4, -0.2) is 55.1 Å². The number of ether oxygens (including phenoxy) is 2. The van der Waals surface area contributed by atoms with Crippen LogP contribution in [0.2, 0.25) is 0 Å². The third-order valence-electron chi connectivity index (χ3n) is 5.91. The molecule has 2 heterocycles. The molecule has 0 aliphatic carbocycles. The van der Waals surface area contributed by atoms with E-state index in [9.17, 15) is 8.42 Å². The van der Waals surface area contributed by atoms with Gasteiger partial charge in [0.1, 0.15) is 26.9 Å². The molecule has 0 bridgehead atoms. The van der Waals surface area contributed by atoms with Crippen LogP contribution >= 0.6 is 0 Å². The van der Waals surface area contributed by atoms with Crippen molar-refractivity contribution in [1.29, 1.82) is 0 Å². The summed E-state index contributed by atoms with van der Waals surface area (Å²) in [4.78, 5) is 13.9. The number of methoxy groups -OCH3 is 2. The van der Waals surface area contributed by atoms with Gasteiger partial charge in [-0.25, -0.2) is 13.4 Å². The average molecular weight is 502 g/mol. The van der Waals surface area contributed by atoms with E-state index in [1.165, 1.54) is 6.26 Å². The molecule has 0 saturated heterocycles. The lowest BCUT2D eigenvalue weighted by molar-refractivity contribution is 0.391. The summed E-state index contributed by atoms with van der Waals surface area (Å²) in [6.45, 7) is 4.60. The lowest BCUT2D eigenvalue weighted by atomic mass is 9.92. The van der Waals surface area contributed by atoms with Crippen LogP contribution in [0.3, 0.4) is 0 Å². The fourth-order valence-corrected chi connectivity index (χ4v) is 4.64. The zero-order valence-corrected chi connectivity index (χ0v) is 21.9. The summed E-state index contributed by atoms with van der Waals surface area (Å²) in [6.07, 6.45) is 6.22. The van der Waals surface area contributed by atoms with Crippen LogP contribution in [0.15, 0.2) is 36.5 Å². The molecule has 2 N–H and O–H groups in total. The molecule has 0 radical (unpaired) electrons. The lowest BCUT2D eigenvalue weighted by Gasteiger charge is -2.32. The number of unbranched alkanes of at least 4 members (excludes halogenated alkanes) is 1. The van der Waals surface area contributed by atoms with Crippen molar-refractivity contribution in [3.8, 4) is 11.5 Å². The van der Waals surface area contributed by atoms with Gasteiger partial charge < -0.3 is 20.1 Å². The lowest BCUT2D eigenvalue weighted by Crippen LogP contribution is -2.37. The van der Waals surface area contributed by atoms with E-state index in [-0.39, 0.29) is 5.75 Å². The van der Waals surface area contributed by atoms with Gasteiger partial charge in [0.15, 0.2) is 5.82 Å². The van der Waals surface area contributed by atoms with Gasteiger partial charge in [-0.1, -0.05) is 19.8 Å². The molecule has 1 aromatic carbocycles. The van der Waals surface area contributed by atoms with E-state index in [4.69, 9.17) is 14.5 Å². The molecule has 0 spiro atoms. The monoisotopic (exact) mass is 501 g/mol. The van der Waals surface area contributed by atoms with Gasteiger partial charge in [0.2, 0.25) is 5.95 Å². The normalized spacial score (nSPS) is 13.3. The van der Waals surface area contributed by atoms with Crippen molar-refractivity contribution in [1.82, 2.24) is 15.0 Å².